The highest BCUT2D eigenvalue weighted by atomic mass is 31.2. The molecule has 0 saturated carbocycles. The van der Waals surface area contributed by atoms with Crippen LogP contribution in [0.15, 0.2) is 24.3 Å². The third kappa shape index (κ3) is 3.11. The molecule has 5 nitrogen and oxygen atoms in total. The number of esters is 1. The minimum Gasteiger partial charge on any atom is -0.462 e. The van der Waals surface area contributed by atoms with E-state index in [0.29, 0.717) is 24.0 Å². The van der Waals surface area contributed by atoms with Gasteiger partial charge in [0.1, 0.15) is 0 Å². The predicted molar refractivity (Wildman–Crippen MR) is 76.7 cm³/mol. The number of benzene rings is 1. The van der Waals surface area contributed by atoms with E-state index in [2.05, 4.69) is 0 Å². The summed E-state index contributed by atoms with van der Waals surface area (Å²) in [5.74, 6) is -0.436. The first-order valence-corrected chi connectivity index (χ1v) is 8.27. The van der Waals surface area contributed by atoms with Crippen molar-refractivity contribution in [3.63, 3.8) is 0 Å². The van der Waals surface area contributed by atoms with Gasteiger partial charge in [0.05, 0.1) is 17.3 Å². The second kappa shape index (κ2) is 6.53. The number of carbonyl (C=O) groups is 1. The number of rotatable bonds is 6. The lowest BCUT2D eigenvalue weighted by atomic mass is 9.92. The van der Waals surface area contributed by atoms with Crippen LogP contribution in [0.5, 0.6) is 0 Å². The maximum Gasteiger partial charge on any atom is 0.338 e. The number of hydrogen-bond acceptors (Lipinski definition) is 3. The lowest BCUT2D eigenvalue weighted by molar-refractivity contribution is 0.0526. The lowest BCUT2D eigenvalue weighted by Gasteiger charge is -2.32. The van der Waals surface area contributed by atoms with Crippen LogP contribution >= 0.6 is 7.60 Å². The summed E-state index contributed by atoms with van der Waals surface area (Å²) in [6, 6.07) is 6.28. The van der Waals surface area contributed by atoms with Crippen molar-refractivity contribution in [2.75, 3.05) is 6.61 Å². The standard InChI is InChI=1S/C14H21O5P/c1-4-14(5-2,20(16,17)18)12-9-7-11(8-10-12)13(15)19-6-3/h7-10H,4-6H2,1-3H3,(H2,16,17,18). The number of ether oxygens (including phenoxy) is 1. The molecule has 0 aliphatic heterocycles. The molecule has 0 aliphatic carbocycles. The van der Waals surface area contributed by atoms with E-state index in [4.69, 9.17) is 4.74 Å². The molecule has 0 unspecified atom stereocenters. The molecule has 0 heterocycles. The fourth-order valence-corrected chi connectivity index (χ4v) is 3.68. The van der Waals surface area contributed by atoms with E-state index in [0.717, 1.165) is 0 Å². The summed E-state index contributed by atoms with van der Waals surface area (Å²) in [7, 11) is -4.30. The van der Waals surface area contributed by atoms with Crippen molar-refractivity contribution in [1.29, 1.82) is 0 Å². The van der Waals surface area contributed by atoms with Crippen LogP contribution < -0.4 is 0 Å². The van der Waals surface area contributed by atoms with E-state index in [1.165, 1.54) is 0 Å². The molecule has 0 fully saturated rings. The molecule has 112 valence electrons. The molecular formula is C14H21O5P. The largest absolute Gasteiger partial charge is 0.462 e. The Hall–Kier alpha value is -1.16. The van der Waals surface area contributed by atoms with Crippen molar-refractivity contribution >= 4 is 13.6 Å². The van der Waals surface area contributed by atoms with Gasteiger partial charge < -0.3 is 14.5 Å². The second-order valence-electron chi connectivity index (χ2n) is 4.58. The molecule has 0 radical (unpaired) electrons. The summed E-state index contributed by atoms with van der Waals surface area (Å²) in [4.78, 5) is 30.9. The molecule has 1 aromatic carbocycles. The Morgan fingerprint density at radius 3 is 2.00 bits per heavy atom. The van der Waals surface area contributed by atoms with Crippen LogP contribution in [0.1, 0.15) is 49.5 Å². The average Bonchev–Trinajstić information content (AvgIpc) is 2.40. The zero-order valence-corrected chi connectivity index (χ0v) is 12.9. The van der Waals surface area contributed by atoms with Gasteiger partial charge in [-0.05, 0) is 37.5 Å². The molecule has 0 spiro atoms. The molecule has 1 aromatic rings. The summed E-state index contributed by atoms with van der Waals surface area (Å²) in [6.07, 6.45) is 0.652. The number of carbonyl (C=O) groups excluding carboxylic acids is 1. The maximum absolute atomic E-state index is 11.8. The van der Waals surface area contributed by atoms with E-state index in [-0.39, 0.29) is 6.61 Å². The zero-order chi connectivity index (χ0) is 15.4. The van der Waals surface area contributed by atoms with Crippen LogP contribution in [0.4, 0.5) is 0 Å². The van der Waals surface area contributed by atoms with E-state index >= 15 is 0 Å². The quantitative estimate of drug-likeness (QED) is 0.623. The molecule has 0 aromatic heterocycles. The molecule has 0 bridgehead atoms. The summed E-state index contributed by atoms with van der Waals surface area (Å²) >= 11 is 0. The van der Waals surface area contributed by atoms with Gasteiger partial charge in [0.15, 0.2) is 0 Å². The molecule has 20 heavy (non-hydrogen) atoms. The van der Waals surface area contributed by atoms with Crippen molar-refractivity contribution in [2.45, 2.75) is 38.8 Å². The van der Waals surface area contributed by atoms with Gasteiger partial charge in [-0.3, -0.25) is 4.57 Å². The first kappa shape index (κ1) is 16.9. The fourth-order valence-electron chi connectivity index (χ4n) is 2.37. The zero-order valence-electron chi connectivity index (χ0n) is 12.0. The minimum absolute atomic E-state index is 0.289. The van der Waals surface area contributed by atoms with Crippen molar-refractivity contribution in [3.8, 4) is 0 Å². The molecule has 0 atom stereocenters. The Labute approximate surface area is 119 Å². The van der Waals surface area contributed by atoms with E-state index in [9.17, 15) is 19.1 Å². The van der Waals surface area contributed by atoms with Gasteiger partial charge in [-0.1, -0.05) is 26.0 Å². The Balaban J connectivity index is 3.19. The molecule has 1 rings (SSSR count). The Morgan fingerprint density at radius 2 is 1.65 bits per heavy atom. The van der Waals surface area contributed by atoms with Crippen molar-refractivity contribution < 1.29 is 23.9 Å². The SMILES string of the molecule is CCOC(=O)c1ccc(C(CC)(CC)P(=O)(O)O)cc1. The monoisotopic (exact) mass is 300 g/mol. The summed E-state index contributed by atoms with van der Waals surface area (Å²) in [5, 5.41) is -1.19. The summed E-state index contributed by atoms with van der Waals surface area (Å²) < 4.78 is 16.7. The van der Waals surface area contributed by atoms with Crippen LogP contribution in [-0.2, 0) is 14.5 Å². The highest BCUT2D eigenvalue weighted by Gasteiger charge is 2.45. The Morgan fingerprint density at radius 1 is 1.15 bits per heavy atom. The fraction of sp³-hybridized carbons (Fsp3) is 0.500. The average molecular weight is 300 g/mol. The minimum atomic E-state index is -4.30. The Kier molecular flexibility index (Phi) is 5.51. The second-order valence-corrected chi connectivity index (χ2v) is 6.52. The van der Waals surface area contributed by atoms with Gasteiger partial charge in [-0.25, -0.2) is 4.79 Å². The van der Waals surface area contributed by atoms with Crippen LogP contribution in [0.25, 0.3) is 0 Å². The first-order valence-electron chi connectivity index (χ1n) is 6.65. The van der Waals surface area contributed by atoms with Crippen molar-refractivity contribution in [3.05, 3.63) is 35.4 Å². The first-order chi connectivity index (χ1) is 9.32. The van der Waals surface area contributed by atoms with Gasteiger partial charge in [0.25, 0.3) is 0 Å². The summed E-state index contributed by atoms with van der Waals surface area (Å²) in [6.45, 7) is 5.51. The van der Waals surface area contributed by atoms with Gasteiger partial charge in [0, 0.05) is 0 Å². The molecule has 0 aliphatic rings. The summed E-state index contributed by atoms with van der Waals surface area (Å²) in [5.41, 5.74) is 0.922. The molecular weight excluding hydrogens is 279 g/mol. The predicted octanol–water partition coefficient (Wildman–Crippen LogP) is 3.06. The van der Waals surface area contributed by atoms with Crippen LogP contribution in [0, 0.1) is 0 Å². The highest BCUT2D eigenvalue weighted by molar-refractivity contribution is 7.53. The highest BCUT2D eigenvalue weighted by Crippen LogP contribution is 2.60. The molecule has 2 N–H and O–H groups in total. The van der Waals surface area contributed by atoms with Crippen molar-refractivity contribution in [2.24, 2.45) is 0 Å². The van der Waals surface area contributed by atoms with Crippen molar-refractivity contribution in [1.82, 2.24) is 0 Å². The number of hydrogen-bond donors (Lipinski definition) is 2. The normalized spacial score (nSPS) is 12.2. The van der Waals surface area contributed by atoms with Gasteiger partial charge in [-0.2, -0.15) is 0 Å². The van der Waals surface area contributed by atoms with Gasteiger partial charge >= 0.3 is 13.6 Å². The van der Waals surface area contributed by atoms with E-state index < -0.39 is 18.7 Å². The van der Waals surface area contributed by atoms with Crippen LogP contribution in [0.2, 0.25) is 0 Å². The smallest absolute Gasteiger partial charge is 0.338 e. The maximum atomic E-state index is 11.8. The lowest BCUT2D eigenvalue weighted by Crippen LogP contribution is -2.24. The Bertz CT molecular complexity index is 499. The van der Waals surface area contributed by atoms with E-state index in [1.54, 1.807) is 45.0 Å². The third-order valence-corrected chi connectivity index (χ3v) is 5.67. The van der Waals surface area contributed by atoms with Gasteiger partial charge in [-0.15, -0.1) is 0 Å². The molecule has 6 heteroatoms. The molecule has 0 saturated heterocycles. The van der Waals surface area contributed by atoms with Crippen LogP contribution in [-0.4, -0.2) is 22.4 Å². The van der Waals surface area contributed by atoms with E-state index in [1.807, 2.05) is 0 Å². The topological polar surface area (TPSA) is 83.8 Å². The molecule has 0 amide bonds. The van der Waals surface area contributed by atoms with Crippen LogP contribution in [0.3, 0.4) is 0 Å². The third-order valence-electron chi connectivity index (χ3n) is 3.66. The van der Waals surface area contributed by atoms with Gasteiger partial charge in [0.2, 0.25) is 0 Å².